The maximum atomic E-state index is 12.5. The molecule has 0 radical (unpaired) electrons. The molecule has 5 unspecified atom stereocenters. The second kappa shape index (κ2) is 11.6. The van der Waals surface area contributed by atoms with Crippen LogP contribution in [0.3, 0.4) is 0 Å². The first kappa shape index (κ1) is 25.5. The molecule has 0 saturated carbocycles. The lowest BCUT2D eigenvalue weighted by atomic mass is 10.1. The first-order valence-electron chi connectivity index (χ1n) is 9.19. The van der Waals surface area contributed by atoms with Crippen LogP contribution in [-0.4, -0.2) is 85.2 Å². The van der Waals surface area contributed by atoms with E-state index >= 15 is 0 Å². The monoisotopic (exact) mass is 442 g/mol. The largest absolute Gasteiger partial charge is 0.481 e. The number of aromatic amines is 1. The molecule has 0 bridgehead atoms. The number of aromatic nitrogens is 2. The Kier molecular flexibility index (Phi) is 9.56. The molecule has 14 nitrogen and oxygen atoms in total. The van der Waals surface area contributed by atoms with Gasteiger partial charge in [-0.2, -0.15) is 0 Å². The number of carbonyl (C=O) groups excluding carboxylic acids is 3. The van der Waals surface area contributed by atoms with Crippen molar-refractivity contribution in [2.45, 2.75) is 57.0 Å². The zero-order chi connectivity index (χ0) is 23.7. The number of aliphatic carboxylic acids is 2. The van der Waals surface area contributed by atoms with Gasteiger partial charge in [-0.15, -0.1) is 0 Å². The van der Waals surface area contributed by atoms with E-state index in [0.29, 0.717) is 5.69 Å². The smallest absolute Gasteiger partial charge is 0.325 e. The minimum Gasteiger partial charge on any atom is -0.481 e. The second-order valence-corrected chi connectivity index (χ2v) is 6.84. The van der Waals surface area contributed by atoms with Gasteiger partial charge in [0.25, 0.3) is 0 Å². The quantitative estimate of drug-likeness (QED) is 0.160. The third-order valence-corrected chi connectivity index (χ3v) is 4.13. The molecule has 31 heavy (non-hydrogen) atoms. The molecule has 0 aliphatic carbocycles. The van der Waals surface area contributed by atoms with Gasteiger partial charge in [0.05, 0.1) is 24.9 Å². The van der Waals surface area contributed by atoms with E-state index in [9.17, 15) is 29.1 Å². The van der Waals surface area contributed by atoms with Crippen LogP contribution >= 0.6 is 0 Å². The van der Waals surface area contributed by atoms with E-state index in [1.54, 1.807) is 0 Å². The minimum absolute atomic E-state index is 0.0666. The molecule has 0 aliphatic heterocycles. The fourth-order valence-corrected chi connectivity index (χ4v) is 2.41. The number of aliphatic hydroxyl groups is 1. The summed E-state index contributed by atoms with van der Waals surface area (Å²) in [5.41, 5.74) is 6.35. The topological polar surface area (TPSA) is 237 Å². The Balaban J connectivity index is 2.85. The van der Waals surface area contributed by atoms with E-state index in [2.05, 4.69) is 20.6 Å². The number of nitrogens with zero attached hydrogens (tertiary/aromatic N) is 1. The zero-order valence-corrected chi connectivity index (χ0v) is 16.9. The van der Waals surface area contributed by atoms with Crippen LogP contribution in [0.2, 0.25) is 0 Å². The molecule has 5 atom stereocenters. The summed E-state index contributed by atoms with van der Waals surface area (Å²) >= 11 is 0. The van der Waals surface area contributed by atoms with Gasteiger partial charge >= 0.3 is 11.9 Å². The molecule has 0 aromatic carbocycles. The van der Waals surface area contributed by atoms with Gasteiger partial charge < -0.3 is 42.0 Å². The predicted molar refractivity (Wildman–Crippen MR) is 103 cm³/mol. The van der Waals surface area contributed by atoms with Crippen LogP contribution in [0.15, 0.2) is 12.5 Å². The summed E-state index contributed by atoms with van der Waals surface area (Å²) < 4.78 is 0. The molecule has 9 N–H and O–H groups in total. The summed E-state index contributed by atoms with van der Waals surface area (Å²) in [5, 5.41) is 34.1. The number of amides is 3. The number of H-pyrrole nitrogens is 1. The Hall–Kier alpha value is -3.52. The van der Waals surface area contributed by atoms with Crippen molar-refractivity contribution in [3.63, 3.8) is 0 Å². The Morgan fingerprint density at radius 1 is 1.06 bits per heavy atom. The third kappa shape index (κ3) is 8.39. The van der Waals surface area contributed by atoms with Gasteiger partial charge in [0, 0.05) is 18.3 Å². The highest BCUT2D eigenvalue weighted by Gasteiger charge is 2.32. The van der Waals surface area contributed by atoms with E-state index < -0.39 is 66.4 Å². The van der Waals surface area contributed by atoms with Crippen LogP contribution in [0.1, 0.15) is 26.0 Å². The molecule has 1 aromatic rings. The number of nitrogens with two attached hydrogens (primary N) is 1. The molecule has 0 spiro atoms. The van der Waals surface area contributed by atoms with E-state index in [4.69, 9.17) is 15.9 Å². The van der Waals surface area contributed by atoms with Crippen LogP contribution in [0.4, 0.5) is 0 Å². The molecule has 3 amide bonds. The van der Waals surface area contributed by atoms with Gasteiger partial charge in [0.2, 0.25) is 17.7 Å². The Morgan fingerprint density at radius 2 is 1.71 bits per heavy atom. The number of nitrogens with one attached hydrogen (secondary N) is 4. The zero-order valence-electron chi connectivity index (χ0n) is 16.9. The number of aliphatic hydroxyl groups excluding tert-OH is 1. The average molecular weight is 442 g/mol. The van der Waals surface area contributed by atoms with Gasteiger partial charge in [-0.3, -0.25) is 24.0 Å². The van der Waals surface area contributed by atoms with Crippen molar-refractivity contribution in [2.75, 3.05) is 0 Å². The number of hydrogen-bond acceptors (Lipinski definition) is 8. The lowest BCUT2D eigenvalue weighted by Gasteiger charge is -2.25. The molecule has 0 saturated heterocycles. The molecule has 14 heteroatoms. The molecule has 172 valence electrons. The second-order valence-electron chi connectivity index (χ2n) is 6.84. The summed E-state index contributed by atoms with van der Waals surface area (Å²) in [7, 11) is 0. The molecular weight excluding hydrogens is 416 g/mol. The van der Waals surface area contributed by atoms with E-state index in [1.165, 1.54) is 19.4 Å². The first-order chi connectivity index (χ1) is 14.4. The first-order valence-corrected chi connectivity index (χ1v) is 9.19. The maximum absolute atomic E-state index is 12.5. The highest BCUT2D eigenvalue weighted by Crippen LogP contribution is 2.02. The predicted octanol–water partition coefficient (Wildman–Crippen LogP) is -3.31. The van der Waals surface area contributed by atoms with Crippen molar-refractivity contribution in [3.05, 3.63) is 18.2 Å². The van der Waals surface area contributed by atoms with E-state index in [0.717, 1.165) is 6.92 Å². The fourth-order valence-electron chi connectivity index (χ4n) is 2.41. The van der Waals surface area contributed by atoms with Crippen molar-refractivity contribution >= 4 is 29.7 Å². The number of imidazole rings is 1. The highest BCUT2D eigenvalue weighted by molar-refractivity contribution is 5.95. The van der Waals surface area contributed by atoms with Crippen LogP contribution in [0.25, 0.3) is 0 Å². The van der Waals surface area contributed by atoms with Gasteiger partial charge in [0.1, 0.15) is 18.1 Å². The van der Waals surface area contributed by atoms with Crippen molar-refractivity contribution in [1.82, 2.24) is 25.9 Å². The summed E-state index contributed by atoms with van der Waals surface area (Å²) in [4.78, 5) is 65.5. The normalized spacial score (nSPS) is 15.6. The summed E-state index contributed by atoms with van der Waals surface area (Å²) in [6.45, 7) is 2.35. The van der Waals surface area contributed by atoms with Crippen LogP contribution in [0, 0.1) is 0 Å². The standard InChI is InChI=1S/C17H26N6O8/c1-7(17(30)31)21-15(28)11(4-12(25)26)22-16(29)13(8(2)24)23-14(27)10(18)3-9-5-19-6-20-9/h5-8,10-11,13,24H,3-4,18H2,1-2H3,(H,19,20)(H,21,28)(H,22,29)(H,23,27)(H,25,26)(H,30,31). The molecule has 1 aromatic heterocycles. The lowest BCUT2D eigenvalue weighted by molar-refractivity contribution is -0.143. The van der Waals surface area contributed by atoms with E-state index in [1.807, 2.05) is 5.32 Å². The van der Waals surface area contributed by atoms with Crippen molar-refractivity contribution < 1.29 is 39.3 Å². The molecule has 0 fully saturated rings. The van der Waals surface area contributed by atoms with E-state index in [-0.39, 0.29) is 6.42 Å². The SMILES string of the molecule is CC(NC(=O)C(CC(=O)O)NC(=O)C(NC(=O)C(N)Cc1cnc[nH]1)C(C)O)C(=O)O. The van der Waals surface area contributed by atoms with Crippen molar-refractivity contribution in [2.24, 2.45) is 5.73 Å². The molecule has 0 aliphatic rings. The van der Waals surface area contributed by atoms with Crippen LogP contribution in [0.5, 0.6) is 0 Å². The molecular formula is C17H26N6O8. The van der Waals surface area contributed by atoms with Crippen molar-refractivity contribution in [3.8, 4) is 0 Å². The lowest BCUT2D eigenvalue weighted by Crippen LogP contribution is -2.60. The number of carbonyl (C=O) groups is 5. The van der Waals surface area contributed by atoms with Gasteiger partial charge in [0.15, 0.2) is 0 Å². The Bertz CT molecular complexity index is 797. The van der Waals surface area contributed by atoms with Crippen LogP contribution < -0.4 is 21.7 Å². The number of hydrogen-bond donors (Lipinski definition) is 8. The summed E-state index contributed by atoms with van der Waals surface area (Å²) in [6.07, 6.45) is 0.639. The van der Waals surface area contributed by atoms with Gasteiger partial charge in [-0.05, 0) is 13.8 Å². The number of carboxylic acid groups (broad SMARTS) is 2. The number of rotatable bonds is 12. The fraction of sp³-hybridized carbons (Fsp3) is 0.529. The minimum atomic E-state index is -1.65. The third-order valence-electron chi connectivity index (χ3n) is 4.13. The highest BCUT2D eigenvalue weighted by atomic mass is 16.4. The Morgan fingerprint density at radius 3 is 2.19 bits per heavy atom. The Labute approximate surface area is 176 Å². The van der Waals surface area contributed by atoms with Gasteiger partial charge in [-0.25, -0.2) is 4.98 Å². The molecule has 1 rings (SSSR count). The summed E-state index contributed by atoms with van der Waals surface area (Å²) in [6, 6.07) is -5.64. The summed E-state index contributed by atoms with van der Waals surface area (Å²) in [5.74, 6) is -5.70. The van der Waals surface area contributed by atoms with Crippen molar-refractivity contribution in [1.29, 1.82) is 0 Å². The number of carboxylic acids is 2. The maximum Gasteiger partial charge on any atom is 0.325 e. The molecule has 1 heterocycles. The average Bonchev–Trinajstić information content (AvgIpc) is 3.17. The van der Waals surface area contributed by atoms with Crippen LogP contribution in [-0.2, 0) is 30.4 Å². The van der Waals surface area contributed by atoms with Gasteiger partial charge in [-0.1, -0.05) is 0 Å².